The van der Waals surface area contributed by atoms with Crippen LogP contribution in [-0.4, -0.2) is 39.2 Å². The summed E-state index contributed by atoms with van der Waals surface area (Å²) in [6.07, 6.45) is 0.784. The molecule has 2 fully saturated rings. The number of nitrogens with zero attached hydrogens (tertiary/aromatic N) is 2. The van der Waals surface area contributed by atoms with E-state index in [0.29, 0.717) is 15.3 Å². The third-order valence-corrected chi connectivity index (χ3v) is 5.45. The van der Waals surface area contributed by atoms with Crippen molar-refractivity contribution in [2.75, 3.05) is 0 Å². The standard InChI is InChI=1S/C16H16N2O5S/c1-9(19)11-6-10(7-17-13(20)2-3-14(17)21)12(24-11)8-18-15(22)4-5-16(18)23/h6H,2-5,7-8H2,1H3. The van der Waals surface area contributed by atoms with E-state index in [2.05, 4.69) is 0 Å². The van der Waals surface area contributed by atoms with Gasteiger partial charge in [0.25, 0.3) is 0 Å². The van der Waals surface area contributed by atoms with Crippen LogP contribution >= 0.6 is 11.3 Å². The van der Waals surface area contributed by atoms with E-state index in [9.17, 15) is 24.0 Å². The minimum atomic E-state index is -0.241. The molecule has 1 aromatic rings. The molecule has 0 aromatic carbocycles. The Morgan fingerprint density at radius 1 is 0.917 bits per heavy atom. The lowest BCUT2D eigenvalue weighted by atomic mass is 10.2. The van der Waals surface area contributed by atoms with Gasteiger partial charge in [-0.1, -0.05) is 0 Å². The zero-order valence-electron chi connectivity index (χ0n) is 13.2. The molecule has 0 spiro atoms. The van der Waals surface area contributed by atoms with Crippen molar-refractivity contribution in [3.05, 3.63) is 21.4 Å². The van der Waals surface area contributed by atoms with Gasteiger partial charge in [-0.2, -0.15) is 0 Å². The molecule has 0 radical (unpaired) electrons. The second-order valence-electron chi connectivity index (χ2n) is 5.86. The lowest BCUT2D eigenvalue weighted by Crippen LogP contribution is -2.30. The fraction of sp³-hybridized carbons (Fsp3) is 0.438. The summed E-state index contributed by atoms with van der Waals surface area (Å²) in [6, 6.07) is 1.65. The maximum atomic E-state index is 11.8. The number of likely N-dealkylation sites (tertiary alicyclic amines) is 2. The molecule has 126 valence electrons. The molecule has 0 aliphatic carbocycles. The molecule has 0 unspecified atom stereocenters. The molecule has 3 rings (SSSR count). The zero-order chi connectivity index (χ0) is 17.4. The second kappa shape index (κ2) is 6.27. The monoisotopic (exact) mass is 348 g/mol. The average molecular weight is 348 g/mol. The molecule has 24 heavy (non-hydrogen) atoms. The van der Waals surface area contributed by atoms with Crippen molar-refractivity contribution in [1.82, 2.24) is 9.80 Å². The Labute approximate surface area is 142 Å². The SMILES string of the molecule is CC(=O)c1cc(CN2C(=O)CCC2=O)c(CN2C(=O)CCC2=O)s1. The van der Waals surface area contributed by atoms with Crippen LogP contribution in [0.1, 0.15) is 52.7 Å². The third kappa shape index (κ3) is 3.01. The smallest absolute Gasteiger partial charge is 0.230 e. The van der Waals surface area contributed by atoms with Gasteiger partial charge in [0.2, 0.25) is 23.6 Å². The molecule has 1 aromatic heterocycles. The van der Waals surface area contributed by atoms with Gasteiger partial charge < -0.3 is 0 Å². The Bertz CT molecular complexity index is 679. The van der Waals surface area contributed by atoms with Crippen molar-refractivity contribution in [2.24, 2.45) is 0 Å². The first-order chi connectivity index (χ1) is 11.4. The first-order valence-corrected chi connectivity index (χ1v) is 8.47. The molecule has 7 nitrogen and oxygen atoms in total. The van der Waals surface area contributed by atoms with E-state index in [4.69, 9.17) is 0 Å². The van der Waals surface area contributed by atoms with Gasteiger partial charge in [-0.15, -0.1) is 11.3 Å². The highest BCUT2D eigenvalue weighted by atomic mass is 32.1. The largest absolute Gasteiger partial charge is 0.294 e. The van der Waals surface area contributed by atoms with Crippen LogP contribution in [0.25, 0.3) is 0 Å². The van der Waals surface area contributed by atoms with E-state index in [-0.39, 0.29) is 68.2 Å². The van der Waals surface area contributed by atoms with Gasteiger partial charge in [-0.3, -0.25) is 33.8 Å². The molecule has 0 bridgehead atoms. The highest BCUT2D eigenvalue weighted by molar-refractivity contribution is 7.14. The molecule has 0 saturated carbocycles. The highest BCUT2D eigenvalue weighted by Crippen LogP contribution is 2.29. The van der Waals surface area contributed by atoms with Gasteiger partial charge >= 0.3 is 0 Å². The van der Waals surface area contributed by atoms with E-state index in [1.54, 1.807) is 6.07 Å². The van der Waals surface area contributed by atoms with Gasteiger partial charge in [-0.25, -0.2) is 0 Å². The summed E-state index contributed by atoms with van der Waals surface area (Å²) in [5.74, 6) is -1.09. The van der Waals surface area contributed by atoms with E-state index in [1.165, 1.54) is 28.1 Å². The number of thiophene rings is 1. The molecule has 0 atom stereocenters. The number of amides is 4. The van der Waals surface area contributed by atoms with Crippen LogP contribution in [0.3, 0.4) is 0 Å². The van der Waals surface area contributed by atoms with Crippen molar-refractivity contribution in [2.45, 2.75) is 45.7 Å². The topological polar surface area (TPSA) is 91.8 Å². The Hall–Kier alpha value is -2.35. The third-order valence-electron chi connectivity index (χ3n) is 4.18. The lowest BCUT2D eigenvalue weighted by molar-refractivity contribution is -0.141. The summed E-state index contributed by atoms with van der Waals surface area (Å²) in [5.41, 5.74) is 0.640. The molecule has 0 N–H and O–H groups in total. The Morgan fingerprint density at radius 3 is 1.83 bits per heavy atom. The van der Waals surface area contributed by atoms with Gasteiger partial charge in [0.1, 0.15) is 0 Å². The van der Waals surface area contributed by atoms with Crippen molar-refractivity contribution < 1.29 is 24.0 Å². The summed E-state index contributed by atoms with van der Waals surface area (Å²) in [5, 5.41) is 0. The first kappa shape index (κ1) is 16.5. The van der Waals surface area contributed by atoms with Crippen LogP contribution < -0.4 is 0 Å². The normalized spacial score (nSPS) is 18.2. The molecule has 2 aliphatic heterocycles. The van der Waals surface area contributed by atoms with Crippen molar-refractivity contribution in [1.29, 1.82) is 0 Å². The molecular formula is C16H16N2O5S. The van der Waals surface area contributed by atoms with E-state index >= 15 is 0 Å². The van der Waals surface area contributed by atoms with Crippen LogP contribution in [-0.2, 0) is 32.3 Å². The highest BCUT2D eigenvalue weighted by Gasteiger charge is 2.32. The summed E-state index contributed by atoms with van der Waals surface area (Å²) < 4.78 is 0. The Balaban J connectivity index is 1.88. The Morgan fingerprint density at radius 2 is 1.38 bits per heavy atom. The average Bonchev–Trinajstić information content (AvgIpc) is 3.17. The fourth-order valence-corrected chi connectivity index (χ4v) is 3.88. The maximum Gasteiger partial charge on any atom is 0.230 e. The number of carbonyl (C=O) groups excluding carboxylic acids is 5. The van der Waals surface area contributed by atoms with Crippen LogP contribution in [0.5, 0.6) is 0 Å². The van der Waals surface area contributed by atoms with Crippen molar-refractivity contribution in [3.63, 3.8) is 0 Å². The van der Waals surface area contributed by atoms with Gasteiger partial charge in [0.15, 0.2) is 5.78 Å². The second-order valence-corrected chi connectivity index (χ2v) is 7.00. The lowest BCUT2D eigenvalue weighted by Gasteiger charge is -2.17. The van der Waals surface area contributed by atoms with Crippen LogP contribution in [0.2, 0.25) is 0 Å². The summed E-state index contributed by atoms with van der Waals surface area (Å²) in [7, 11) is 0. The Kier molecular flexibility index (Phi) is 4.31. The van der Waals surface area contributed by atoms with Gasteiger partial charge in [0, 0.05) is 30.6 Å². The summed E-state index contributed by atoms with van der Waals surface area (Å²) in [6.45, 7) is 1.59. The van der Waals surface area contributed by atoms with Crippen LogP contribution in [0.4, 0.5) is 0 Å². The molecular weight excluding hydrogens is 332 g/mol. The van der Waals surface area contributed by atoms with Gasteiger partial charge in [0.05, 0.1) is 18.0 Å². The van der Waals surface area contributed by atoms with E-state index in [1.807, 2.05) is 0 Å². The van der Waals surface area contributed by atoms with E-state index in [0.717, 1.165) is 0 Å². The number of ketones is 1. The number of hydrogen-bond donors (Lipinski definition) is 0. The maximum absolute atomic E-state index is 11.8. The molecule has 8 heteroatoms. The number of rotatable bonds is 5. The van der Waals surface area contributed by atoms with Gasteiger partial charge in [-0.05, 0) is 18.6 Å². The zero-order valence-corrected chi connectivity index (χ0v) is 14.0. The quantitative estimate of drug-likeness (QED) is 0.590. The van der Waals surface area contributed by atoms with Crippen LogP contribution in [0.15, 0.2) is 6.07 Å². The number of imide groups is 2. The minimum absolute atomic E-state index is 0.0764. The predicted molar refractivity (Wildman–Crippen MR) is 83.9 cm³/mol. The van der Waals surface area contributed by atoms with Crippen molar-refractivity contribution in [3.8, 4) is 0 Å². The molecule has 3 heterocycles. The number of carbonyl (C=O) groups is 5. The fourth-order valence-electron chi connectivity index (χ4n) is 2.82. The number of Topliss-reactive ketones (excluding diaryl/α,β-unsaturated/α-hetero) is 1. The number of hydrogen-bond acceptors (Lipinski definition) is 6. The molecule has 4 amide bonds. The summed E-state index contributed by atoms with van der Waals surface area (Å²) >= 11 is 1.20. The van der Waals surface area contributed by atoms with E-state index < -0.39 is 0 Å². The van der Waals surface area contributed by atoms with Crippen LogP contribution in [0, 0.1) is 0 Å². The van der Waals surface area contributed by atoms with Crippen molar-refractivity contribution >= 4 is 40.7 Å². The summed E-state index contributed by atoms with van der Waals surface area (Å²) in [4.78, 5) is 62.4. The molecule has 2 saturated heterocycles. The predicted octanol–water partition coefficient (Wildman–Crippen LogP) is 1.25. The minimum Gasteiger partial charge on any atom is -0.294 e. The first-order valence-electron chi connectivity index (χ1n) is 7.65. The molecule has 2 aliphatic rings.